The molecular weight excluding hydrogens is 272 g/mol. The number of hydrogen-bond acceptors (Lipinski definition) is 4. The number of aromatic nitrogens is 2. The van der Waals surface area contributed by atoms with Gasteiger partial charge in [0.1, 0.15) is 5.75 Å². The fourth-order valence-electron chi connectivity index (χ4n) is 1.97. The minimum Gasteiger partial charge on any atom is -0.494 e. The molecule has 0 atom stereocenters. The lowest BCUT2D eigenvalue weighted by Crippen LogP contribution is -2.29. The lowest BCUT2D eigenvalue weighted by atomic mass is 10.1. The van der Waals surface area contributed by atoms with Crippen LogP contribution in [-0.4, -0.2) is 21.9 Å². The number of nitrogens with one attached hydrogen (secondary N) is 1. The molecule has 0 unspecified atom stereocenters. The normalized spacial score (nSPS) is 10.4. The van der Waals surface area contributed by atoms with E-state index in [4.69, 9.17) is 4.74 Å². The lowest BCUT2D eigenvalue weighted by Gasteiger charge is -2.12. The van der Waals surface area contributed by atoms with Crippen molar-refractivity contribution in [1.82, 2.24) is 9.55 Å². The molecule has 0 aliphatic rings. The second-order valence-corrected chi connectivity index (χ2v) is 4.55. The molecule has 2 rings (SSSR count). The molecule has 0 bridgehead atoms. The Morgan fingerprint density at radius 3 is 2.67 bits per heavy atom. The van der Waals surface area contributed by atoms with Gasteiger partial charge in [-0.3, -0.25) is 19.1 Å². The molecule has 21 heavy (non-hydrogen) atoms. The molecule has 2 aromatic rings. The Morgan fingerprint density at radius 1 is 1.29 bits per heavy atom. The number of benzene rings is 1. The number of nitrogens with zero attached hydrogens (tertiary/aromatic N) is 1. The third-order valence-corrected chi connectivity index (χ3v) is 3.00. The number of carbonyl (C=O) groups is 1. The number of hydrogen-bond donors (Lipinski definition) is 1. The number of ketones is 1. The Labute approximate surface area is 121 Å². The Bertz CT molecular complexity index is 774. The van der Waals surface area contributed by atoms with Gasteiger partial charge in [0.15, 0.2) is 5.78 Å². The topological polar surface area (TPSA) is 81.2 Å². The summed E-state index contributed by atoms with van der Waals surface area (Å²) in [4.78, 5) is 36.5. The van der Waals surface area contributed by atoms with Gasteiger partial charge in [0.05, 0.1) is 13.2 Å². The summed E-state index contributed by atoms with van der Waals surface area (Å²) >= 11 is 0. The third-order valence-electron chi connectivity index (χ3n) is 3.00. The first-order valence-corrected chi connectivity index (χ1v) is 6.57. The van der Waals surface area contributed by atoms with Crippen molar-refractivity contribution in [2.75, 3.05) is 6.61 Å². The molecule has 0 aliphatic carbocycles. The SMILES string of the molecule is CCOc1ccc(C(C)=O)cc1Cn1ccc(=O)[nH]c1=O. The molecule has 110 valence electrons. The Hall–Kier alpha value is -2.63. The molecule has 0 spiro atoms. The van der Waals surface area contributed by atoms with E-state index >= 15 is 0 Å². The molecule has 1 aromatic carbocycles. The van der Waals surface area contributed by atoms with Gasteiger partial charge in [-0.15, -0.1) is 0 Å². The van der Waals surface area contributed by atoms with E-state index in [-0.39, 0.29) is 12.3 Å². The lowest BCUT2D eigenvalue weighted by molar-refractivity contribution is 0.101. The van der Waals surface area contributed by atoms with E-state index in [0.29, 0.717) is 23.5 Å². The van der Waals surface area contributed by atoms with E-state index in [2.05, 4.69) is 4.98 Å². The van der Waals surface area contributed by atoms with Crippen molar-refractivity contribution >= 4 is 5.78 Å². The first-order chi connectivity index (χ1) is 10.0. The standard InChI is InChI=1S/C15H16N2O4/c1-3-21-13-5-4-11(10(2)18)8-12(13)9-17-7-6-14(19)16-15(17)20/h4-8H,3,9H2,1-2H3,(H,16,19,20). The van der Waals surface area contributed by atoms with Crippen LogP contribution < -0.4 is 16.0 Å². The molecule has 1 aromatic heterocycles. The molecule has 6 heteroatoms. The van der Waals surface area contributed by atoms with Crippen molar-refractivity contribution in [2.24, 2.45) is 0 Å². The Kier molecular flexibility index (Phi) is 4.37. The van der Waals surface area contributed by atoms with Crippen molar-refractivity contribution in [1.29, 1.82) is 0 Å². The summed E-state index contributed by atoms with van der Waals surface area (Å²) in [7, 11) is 0. The fraction of sp³-hybridized carbons (Fsp3) is 0.267. The highest BCUT2D eigenvalue weighted by Crippen LogP contribution is 2.21. The summed E-state index contributed by atoms with van der Waals surface area (Å²) < 4.78 is 6.86. The molecule has 0 saturated carbocycles. The second kappa shape index (κ2) is 6.21. The maximum Gasteiger partial charge on any atom is 0.328 e. The van der Waals surface area contributed by atoms with Crippen LogP contribution in [0.15, 0.2) is 40.1 Å². The first-order valence-electron chi connectivity index (χ1n) is 6.57. The van der Waals surface area contributed by atoms with Crippen LogP contribution in [0.25, 0.3) is 0 Å². The molecule has 0 aliphatic heterocycles. The quantitative estimate of drug-likeness (QED) is 0.838. The predicted octanol–water partition coefficient (Wildman–Crippen LogP) is 1.19. The molecule has 0 amide bonds. The fourth-order valence-corrected chi connectivity index (χ4v) is 1.97. The zero-order valence-corrected chi connectivity index (χ0v) is 11.9. The maximum absolute atomic E-state index is 11.7. The van der Waals surface area contributed by atoms with Crippen LogP contribution in [-0.2, 0) is 6.54 Å². The molecule has 0 fully saturated rings. The van der Waals surface area contributed by atoms with Crippen LogP contribution in [0.1, 0.15) is 29.8 Å². The summed E-state index contributed by atoms with van der Waals surface area (Å²) in [5, 5.41) is 0. The second-order valence-electron chi connectivity index (χ2n) is 4.55. The van der Waals surface area contributed by atoms with E-state index in [9.17, 15) is 14.4 Å². The minimum absolute atomic E-state index is 0.0619. The number of aromatic amines is 1. The van der Waals surface area contributed by atoms with Gasteiger partial charge < -0.3 is 4.74 Å². The van der Waals surface area contributed by atoms with E-state index in [1.165, 1.54) is 23.8 Å². The molecule has 1 heterocycles. The number of rotatable bonds is 5. The molecule has 6 nitrogen and oxygen atoms in total. The summed E-state index contributed by atoms with van der Waals surface area (Å²) in [6.45, 7) is 4.03. The largest absolute Gasteiger partial charge is 0.494 e. The van der Waals surface area contributed by atoms with Gasteiger partial charge in [-0.1, -0.05) is 0 Å². The third kappa shape index (κ3) is 3.47. The van der Waals surface area contributed by atoms with Gasteiger partial charge in [-0.05, 0) is 32.0 Å². The monoisotopic (exact) mass is 288 g/mol. The van der Waals surface area contributed by atoms with E-state index in [1.807, 2.05) is 6.92 Å². The van der Waals surface area contributed by atoms with Crippen LogP contribution in [0.5, 0.6) is 5.75 Å². The number of ether oxygens (including phenoxy) is 1. The molecule has 0 radical (unpaired) electrons. The smallest absolute Gasteiger partial charge is 0.328 e. The van der Waals surface area contributed by atoms with Gasteiger partial charge in [0.25, 0.3) is 5.56 Å². The van der Waals surface area contributed by atoms with Crippen molar-refractivity contribution < 1.29 is 9.53 Å². The first kappa shape index (κ1) is 14.8. The maximum atomic E-state index is 11.7. The van der Waals surface area contributed by atoms with E-state index in [0.717, 1.165) is 0 Å². The summed E-state index contributed by atoms with van der Waals surface area (Å²) in [6, 6.07) is 6.38. The van der Waals surface area contributed by atoms with Crippen LogP contribution in [0.4, 0.5) is 0 Å². The van der Waals surface area contributed by atoms with Crippen LogP contribution in [0.2, 0.25) is 0 Å². The van der Waals surface area contributed by atoms with E-state index in [1.54, 1.807) is 18.2 Å². The van der Waals surface area contributed by atoms with Crippen molar-refractivity contribution in [2.45, 2.75) is 20.4 Å². The summed E-state index contributed by atoms with van der Waals surface area (Å²) in [5.41, 5.74) is 0.307. The zero-order chi connectivity index (χ0) is 15.4. The van der Waals surface area contributed by atoms with Gasteiger partial charge >= 0.3 is 5.69 Å². The molecule has 1 N–H and O–H groups in total. The minimum atomic E-state index is -0.502. The average Bonchev–Trinajstić information content (AvgIpc) is 2.43. The highest BCUT2D eigenvalue weighted by molar-refractivity contribution is 5.94. The van der Waals surface area contributed by atoms with Gasteiger partial charge in [0, 0.05) is 23.4 Å². The highest BCUT2D eigenvalue weighted by Gasteiger charge is 2.09. The van der Waals surface area contributed by atoms with E-state index < -0.39 is 11.2 Å². The number of H-pyrrole nitrogens is 1. The van der Waals surface area contributed by atoms with Crippen LogP contribution in [0, 0.1) is 0 Å². The van der Waals surface area contributed by atoms with Gasteiger partial charge in [-0.2, -0.15) is 0 Å². The van der Waals surface area contributed by atoms with Gasteiger partial charge in [-0.25, -0.2) is 4.79 Å². The number of Topliss-reactive ketones (excluding diaryl/α,β-unsaturated/α-hetero) is 1. The number of carbonyl (C=O) groups excluding carboxylic acids is 1. The predicted molar refractivity (Wildman–Crippen MR) is 78.0 cm³/mol. The van der Waals surface area contributed by atoms with Crippen molar-refractivity contribution in [3.8, 4) is 5.75 Å². The zero-order valence-electron chi connectivity index (χ0n) is 11.9. The average molecular weight is 288 g/mol. The summed E-state index contributed by atoms with van der Waals surface area (Å²) in [5.74, 6) is 0.550. The van der Waals surface area contributed by atoms with Crippen molar-refractivity contribution in [3.63, 3.8) is 0 Å². The summed E-state index contributed by atoms with van der Waals surface area (Å²) in [6.07, 6.45) is 1.41. The highest BCUT2D eigenvalue weighted by atomic mass is 16.5. The van der Waals surface area contributed by atoms with Crippen LogP contribution >= 0.6 is 0 Å². The van der Waals surface area contributed by atoms with Crippen LogP contribution in [0.3, 0.4) is 0 Å². The van der Waals surface area contributed by atoms with Gasteiger partial charge in [0.2, 0.25) is 0 Å². The molecular formula is C15H16N2O4. The van der Waals surface area contributed by atoms with Crippen molar-refractivity contribution in [3.05, 3.63) is 62.4 Å². The Morgan fingerprint density at radius 2 is 2.05 bits per heavy atom. The Balaban J connectivity index is 2.45. The molecule has 0 saturated heterocycles.